The Morgan fingerprint density at radius 1 is 1.16 bits per heavy atom. The molecule has 1 atom stereocenters. The first-order valence-corrected chi connectivity index (χ1v) is 11.0. The predicted molar refractivity (Wildman–Crippen MR) is 118 cm³/mol. The average Bonchev–Trinajstić information content (AvgIpc) is 3.12. The van der Waals surface area contributed by atoms with Crippen molar-refractivity contribution in [3.05, 3.63) is 69.7 Å². The van der Waals surface area contributed by atoms with E-state index in [2.05, 4.69) is 4.98 Å². The average molecular weight is 464 g/mol. The fourth-order valence-electron chi connectivity index (χ4n) is 3.37. The fourth-order valence-corrected chi connectivity index (χ4v) is 4.41. The molecule has 0 spiro atoms. The lowest BCUT2D eigenvalue weighted by Gasteiger charge is -2.14. The Balaban J connectivity index is 1.66. The molecule has 0 bridgehead atoms. The number of carbonyl (C=O) groups is 1. The summed E-state index contributed by atoms with van der Waals surface area (Å²) in [6, 6.07) is 10.6. The molecule has 1 N–H and O–H groups in total. The topological polar surface area (TPSA) is 59.4 Å². The molecular formula is C24H24F3NO3S. The predicted octanol–water partition coefficient (Wildman–Crippen LogP) is 6.65. The summed E-state index contributed by atoms with van der Waals surface area (Å²) in [5.41, 5.74) is 2.79. The van der Waals surface area contributed by atoms with Gasteiger partial charge in [0, 0.05) is 22.8 Å². The molecule has 0 saturated heterocycles. The summed E-state index contributed by atoms with van der Waals surface area (Å²) in [6.45, 7) is 6.25. The number of carboxylic acid groups (broad SMARTS) is 1. The van der Waals surface area contributed by atoms with Gasteiger partial charge in [0.25, 0.3) is 0 Å². The summed E-state index contributed by atoms with van der Waals surface area (Å²) in [7, 11) is 0. The monoisotopic (exact) mass is 463 g/mol. The minimum absolute atomic E-state index is 0.0126. The van der Waals surface area contributed by atoms with Gasteiger partial charge in [0.1, 0.15) is 10.8 Å². The summed E-state index contributed by atoms with van der Waals surface area (Å²) in [6.07, 6.45) is -3.80. The number of carboxylic acids is 1. The third-order valence-corrected chi connectivity index (χ3v) is 6.22. The zero-order valence-corrected chi connectivity index (χ0v) is 18.8. The molecule has 170 valence electrons. The number of hydrogen-bond donors (Lipinski definition) is 1. The Morgan fingerprint density at radius 3 is 2.44 bits per heavy atom. The van der Waals surface area contributed by atoms with Crippen molar-refractivity contribution in [2.75, 3.05) is 6.61 Å². The van der Waals surface area contributed by atoms with Gasteiger partial charge in [0.05, 0.1) is 17.9 Å². The van der Waals surface area contributed by atoms with Crippen LogP contribution < -0.4 is 4.74 Å². The van der Waals surface area contributed by atoms with Crippen LogP contribution in [-0.2, 0) is 17.4 Å². The Hall–Kier alpha value is -2.87. The van der Waals surface area contributed by atoms with Gasteiger partial charge in [-0.2, -0.15) is 13.2 Å². The van der Waals surface area contributed by atoms with Crippen molar-refractivity contribution in [3.63, 3.8) is 0 Å². The van der Waals surface area contributed by atoms with Crippen LogP contribution in [0.2, 0.25) is 0 Å². The molecule has 0 saturated carbocycles. The van der Waals surface area contributed by atoms with E-state index in [1.807, 2.05) is 39.0 Å². The van der Waals surface area contributed by atoms with E-state index in [1.165, 1.54) is 23.5 Å². The molecule has 1 aromatic heterocycles. The molecule has 3 rings (SSSR count). The molecule has 0 aliphatic heterocycles. The largest absolute Gasteiger partial charge is 0.493 e. The molecule has 0 unspecified atom stereocenters. The van der Waals surface area contributed by atoms with Crippen LogP contribution in [0, 0.1) is 13.8 Å². The number of thiazole rings is 1. The number of benzene rings is 2. The SMILES string of the molecule is Cc1cc(OC[C@H](C)c2nc(-c3ccc(C(F)(F)F)cc3)sc2C)ccc1CCC(=O)O. The van der Waals surface area contributed by atoms with Crippen molar-refractivity contribution in [1.29, 1.82) is 0 Å². The maximum Gasteiger partial charge on any atom is 0.416 e. The number of nitrogens with zero attached hydrogens (tertiary/aromatic N) is 1. The Bertz CT molecular complexity index is 1090. The standard InChI is InChI=1S/C24H24F3NO3S/c1-14-12-20(10-6-17(14)7-11-21(29)30)31-13-15(2)22-16(3)32-23(28-22)18-4-8-19(9-5-18)24(25,26)27/h4-6,8-10,12,15H,7,11,13H2,1-3H3,(H,29,30)/t15-/m0/s1. The van der Waals surface area contributed by atoms with Crippen LogP contribution in [-0.4, -0.2) is 22.7 Å². The highest BCUT2D eigenvalue weighted by Crippen LogP contribution is 2.34. The molecule has 0 amide bonds. The van der Waals surface area contributed by atoms with E-state index < -0.39 is 17.7 Å². The van der Waals surface area contributed by atoms with Crippen LogP contribution in [0.5, 0.6) is 5.75 Å². The first-order chi connectivity index (χ1) is 15.0. The van der Waals surface area contributed by atoms with E-state index in [0.717, 1.165) is 33.8 Å². The van der Waals surface area contributed by atoms with Gasteiger partial charge in [-0.1, -0.05) is 25.1 Å². The lowest BCUT2D eigenvalue weighted by Crippen LogP contribution is -2.09. The Kier molecular flexibility index (Phi) is 7.23. The van der Waals surface area contributed by atoms with Crippen molar-refractivity contribution in [3.8, 4) is 16.3 Å². The minimum atomic E-state index is -4.36. The maximum absolute atomic E-state index is 12.8. The van der Waals surface area contributed by atoms with Crippen LogP contribution in [0.15, 0.2) is 42.5 Å². The normalized spacial score (nSPS) is 12.6. The summed E-state index contributed by atoms with van der Waals surface area (Å²) in [4.78, 5) is 16.4. The summed E-state index contributed by atoms with van der Waals surface area (Å²) in [5.74, 6) is -0.140. The molecule has 0 fully saturated rings. The van der Waals surface area contributed by atoms with Gasteiger partial charge in [-0.15, -0.1) is 11.3 Å². The summed E-state index contributed by atoms with van der Waals surface area (Å²) >= 11 is 1.45. The van der Waals surface area contributed by atoms with Crippen LogP contribution in [0.25, 0.3) is 10.6 Å². The quantitative estimate of drug-likeness (QED) is 0.407. The number of aromatic nitrogens is 1. The number of aliphatic carboxylic acids is 1. The summed E-state index contributed by atoms with van der Waals surface area (Å²) < 4.78 is 44.3. The second-order valence-corrected chi connectivity index (χ2v) is 8.93. The number of halogens is 3. The fraction of sp³-hybridized carbons (Fsp3) is 0.333. The lowest BCUT2D eigenvalue weighted by molar-refractivity contribution is -0.138. The van der Waals surface area contributed by atoms with Crippen molar-refractivity contribution in [2.24, 2.45) is 0 Å². The van der Waals surface area contributed by atoms with Gasteiger partial charge in [0.2, 0.25) is 0 Å². The molecule has 2 aromatic carbocycles. The zero-order chi connectivity index (χ0) is 23.5. The highest BCUT2D eigenvalue weighted by molar-refractivity contribution is 7.15. The number of ether oxygens (including phenoxy) is 1. The molecule has 3 aromatic rings. The van der Waals surface area contributed by atoms with Crippen LogP contribution in [0.1, 0.15) is 46.5 Å². The van der Waals surface area contributed by atoms with E-state index >= 15 is 0 Å². The van der Waals surface area contributed by atoms with Gasteiger partial charge < -0.3 is 9.84 Å². The molecule has 8 heteroatoms. The molecule has 0 aliphatic rings. The zero-order valence-electron chi connectivity index (χ0n) is 18.0. The van der Waals surface area contributed by atoms with Gasteiger partial charge in [0.15, 0.2) is 0 Å². The van der Waals surface area contributed by atoms with Crippen molar-refractivity contribution in [2.45, 2.75) is 45.7 Å². The molecular weight excluding hydrogens is 439 g/mol. The third-order valence-electron chi connectivity index (χ3n) is 5.18. The maximum atomic E-state index is 12.8. The molecule has 1 heterocycles. The van der Waals surface area contributed by atoms with Crippen molar-refractivity contribution < 1.29 is 27.8 Å². The number of rotatable bonds is 8. The molecule has 0 radical (unpaired) electrons. The van der Waals surface area contributed by atoms with Gasteiger partial charge in [-0.3, -0.25) is 4.79 Å². The lowest BCUT2D eigenvalue weighted by atomic mass is 10.0. The van der Waals surface area contributed by atoms with E-state index in [0.29, 0.717) is 29.3 Å². The van der Waals surface area contributed by atoms with E-state index in [-0.39, 0.29) is 12.3 Å². The number of aryl methyl sites for hydroxylation is 3. The van der Waals surface area contributed by atoms with Crippen molar-refractivity contribution in [1.82, 2.24) is 4.98 Å². The van der Waals surface area contributed by atoms with Crippen LogP contribution >= 0.6 is 11.3 Å². The molecule has 4 nitrogen and oxygen atoms in total. The first kappa shape index (κ1) is 23.8. The van der Waals surface area contributed by atoms with Crippen LogP contribution in [0.3, 0.4) is 0 Å². The Labute approximate surface area is 188 Å². The third kappa shape index (κ3) is 5.88. The summed E-state index contributed by atoms with van der Waals surface area (Å²) in [5, 5.41) is 9.52. The van der Waals surface area contributed by atoms with Crippen LogP contribution in [0.4, 0.5) is 13.2 Å². The second kappa shape index (κ2) is 9.73. The highest BCUT2D eigenvalue weighted by Gasteiger charge is 2.30. The van der Waals surface area contributed by atoms with Gasteiger partial charge >= 0.3 is 12.1 Å². The number of hydrogen-bond acceptors (Lipinski definition) is 4. The molecule has 32 heavy (non-hydrogen) atoms. The first-order valence-electron chi connectivity index (χ1n) is 10.1. The van der Waals surface area contributed by atoms with Crippen molar-refractivity contribution >= 4 is 17.3 Å². The van der Waals surface area contributed by atoms with E-state index in [4.69, 9.17) is 9.84 Å². The number of alkyl halides is 3. The van der Waals surface area contributed by atoms with Gasteiger partial charge in [-0.05, 0) is 55.7 Å². The van der Waals surface area contributed by atoms with E-state index in [9.17, 15) is 18.0 Å². The Morgan fingerprint density at radius 2 is 1.84 bits per heavy atom. The highest BCUT2D eigenvalue weighted by atomic mass is 32.1. The van der Waals surface area contributed by atoms with E-state index in [1.54, 1.807) is 0 Å². The minimum Gasteiger partial charge on any atom is -0.493 e. The smallest absolute Gasteiger partial charge is 0.416 e. The molecule has 0 aliphatic carbocycles. The second-order valence-electron chi connectivity index (χ2n) is 7.73. The van der Waals surface area contributed by atoms with Gasteiger partial charge in [-0.25, -0.2) is 4.98 Å².